The van der Waals surface area contributed by atoms with Crippen LogP contribution in [0.15, 0.2) is 73.3 Å². The highest BCUT2D eigenvalue weighted by atomic mass is 19.4. The van der Waals surface area contributed by atoms with Crippen LogP contribution in [0, 0.1) is 5.82 Å². The summed E-state index contributed by atoms with van der Waals surface area (Å²) >= 11 is 0. The van der Waals surface area contributed by atoms with Gasteiger partial charge in [-0.25, -0.2) is 4.39 Å². The lowest BCUT2D eigenvalue weighted by Gasteiger charge is -2.33. The number of carbonyl (C=O) groups excluding carboxylic acids is 2. The number of methoxy groups -OCH3 is 1. The summed E-state index contributed by atoms with van der Waals surface area (Å²) in [6.07, 6.45) is -5.39. The van der Waals surface area contributed by atoms with Crippen molar-refractivity contribution in [2.45, 2.75) is 25.9 Å². The number of rotatable bonds is 8. The standard InChI is InChI=1S/C29H26F4N2O4/c1-19-14-34(15-20-9-5-3-6-10-20)16-23-22(19)13-24(39-18-21-11-7-4-8-12-21)27(26(23)30)35(17-25(36)38-2)28(37)29(31,32)33/h3-13H,1,14-18H2,2H3. The molecule has 3 aromatic rings. The summed E-state index contributed by atoms with van der Waals surface area (Å²) in [4.78, 5) is 26.4. The highest BCUT2D eigenvalue weighted by molar-refractivity contribution is 6.02. The smallest absolute Gasteiger partial charge is 0.471 e. The van der Waals surface area contributed by atoms with Gasteiger partial charge in [0.05, 0.1) is 7.11 Å². The maximum atomic E-state index is 16.3. The summed E-state index contributed by atoms with van der Waals surface area (Å²) in [7, 11) is 0.958. The van der Waals surface area contributed by atoms with Gasteiger partial charge in [0.2, 0.25) is 0 Å². The number of ether oxygens (including phenoxy) is 2. The number of nitrogens with zero attached hydrogens (tertiary/aromatic N) is 2. The number of alkyl halides is 3. The zero-order valence-corrected chi connectivity index (χ0v) is 21.1. The zero-order chi connectivity index (χ0) is 28.2. The Hall–Kier alpha value is -4.18. The number of hydrogen-bond acceptors (Lipinski definition) is 5. The largest absolute Gasteiger partial charge is 0.487 e. The third-order valence-electron chi connectivity index (χ3n) is 6.24. The molecule has 4 rings (SSSR count). The van der Waals surface area contributed by atoms with Gasteiger partial charge >= 0.3 is 18.1 Å². The Bertz CT molecular complexity index is 1360. The summed E-state index contributed by atoms with van der Waals surface area (Å²) in [6.45, 7) is 3.63. The molecule has 0 N–H and O–H groups in total. The van der Waals surface area contributed by atoms with Gasteiger partial charge in [0.1, 0.15) is 24.6 Å². The predicted octanol–water partition coefficient (Wildman–Crippen LogP) is 5.50. The number of hydrogen-bond donors (Lipinski definition) is 0. The van der Waals surface area contributed by atoms with Crippen molar-refractivity contribution in [2.75, 3.05) is 25.1 Å². The van der Waals surface area contributed by atoms with E-state index in [-0.39, 0.29) is 29.4 Å². The number of fused-ring (bicyclic) bond motifs is 1. The Morgan fingerprint density at radius 3 is 2.21 bits per heavy atom. The number of anilines is 1. The lowest BCUT2D eigenvalue weighted by atomic mass is 9.93. The molecule has 0 saturated carbocycles. The molecule has 1 heterocycles. The van der Waals surface area contributed by atoms with Crippen LogP contribution in [0.25, 0.3) is 5.57 Å². The Balaban J connectivity index is 1.81. The first-order chi connectivity index (χ1) is 18.6. The van der Waals surface area contributed by atoms with Crippen molar-refractivity contribution in [1.82, 2.24) is 4.90 Å². The molecule has 0 spiro atoms. The van der Waals surface area contributed by atoms with Gasteiger partial charge in [-0.2, -0.15) is 13.2 Å². The predicted molar refractivity (Wildman–Crippen MR) is 137 cm³/mol. The van der Waals surface area contributed by atoms with Crippen molar-refractivity contribution in [3.05, 3.63) is 101 Å². The number of esters is 1. The van der Waals surface area contributed by atoms with E-state index in [4.69, 9.17) is 4.74 Å². The van der Waals surface area contributed by atoms with Crippen LogP contribution < -0.4 is 9.64 Å². The van der Waals surface area contributed by atoms with Gasteiger partial charge in [-0.1, -0.05) is 67.2 Å². The second-order valence-corrected chi connectivity index (χ2v) is 9.04. The van der Waals surface area contributed by atoms with E-state index >= 15 is 4.39 Å². The molecule has 1 aliphatic heterocycles. The Morgan fingerprint density at radius 2 is 1.62 bits per heavy atom. The Morgan fingerprint density at radius 1 is 1.00 bits per heavy atom. The van der Waals surface area contributed by atoms with E-state index in [0.29, 0.717) is 29.8 Å². The van der Waals surface area contributed by atoms with E-state index in [1.54, 1.807) is 30.3 Å². The lowest BCUT2D eigenvalue weighted by molar-refractivity contribution is -0.171. The Labute approximate surface area is 223 Å². The molecule has 0 aromatic heterocycles. The van der Waals surface area contributed by atoms with E-state index < -0.39 is 36.1 Å². The molecule has 1 amide bonds. The van der Waals surface area contributed by atoms with Gasteiger partial charge in [-0.3, -0.25) is 19.4 Å². The highest BCUT2D eigenvalue weighted by Crippen LogP contribution is 2.42. The van der Waals surface area contributed by atoms with Crippen molar-refractivity contribution in [3.63, 3.8) is 0 Å². The third kappa shape index (κ3) is 6.46. The van der Waals surface area contributed by atoms with Crippen LogP contribution in [0.4, 0.5) is 23.2 Å². The first-order valence-electron chi connectivity index (χ1n) is 12.0. The first kappa shape index (κ1) is 27.8. The molecule has 0 fully saturated rings. The molecule has 204 valence electrons. The number of amides is 1. The molecule has 1 aliphatic rings. The molecule has 0 bridgehead atoms. The minimum atomic E-state index is -5.39. The molecule has 0 saturated heterocycles. The number of benzene rings is 3. The van der Waals surface area contributed by atoms with E-state index in [2.05, 4.69) is 11.3 Å². The van der Waals surface area contributed by atoms with Gasteiger partial charge < -0.3 is 9.47 Å². The first-order valence-corrected chi connectivity index (χ1v) is 12.0. The molecular formula is C29H26F4N2O4. The van der Waals surface area contributed by atoms with Crippen LogP contribution in [0.2, 0.25) is 0 Å². The lowest BCUT2D eigenvalue weighted by Crippen LogP contribution is -2.45. The summed E-state index contributed by atoms with van der Waals surface area (Å²) < 4.78 is 67.5. The molecule has 39 heavy (non-hydrogen) atoms. The van der Waals surface area contributed by atoms with Crippen LogP contribution in [0.5, 0.6) is 5.75 Å². The van der Waals surface area contributed by atoms with Crippen LogP contribution in [0.3, 0.4) is 0 Å². The van der Waals surface area contributed by atoms with Gasteiger partial charge in [0.25, 0.3) is 0 Å². The van der Waals surface area contributed by atoms with Gasteiger partial charge in [0.15, 0.2) is 5.82 Å². The average molecular weight is 543 g/mol. The van der Waals surface area contributed by atoms with Crippen molar-refractivity contribution in [3.8, 4) is 5.75 Å². The second kappa shape index (κ2) is 11.7. The van der Waals surface area contributed by atoms with Gasteiger partial charge in [0, 0.05) is 25.2 Å². The van der Waals surface area contributed by atoms with Crippen molar-refractivity contribution in [1.29, 1.82) is 0 Å². The van der Waals surface area contributed by atoms with E-state index in [1.807, 2.05) is 35.2 Å². The fourth-order valence-electron chi connectivity index (χ4n) is 4.41. The third-order valence-corrected chi connectivity index (χ3v) is 6.24. The van der Waals surface area contributed by atoms with Crippen molar-refractivity contribution in [2.24, 2.45) is 0 Å². The monoisotopic (exact) mass is 542 g/mol. The Kier molecular flexibility index (Phi) is 8.35. The maximum absolute atomic E-state index is 16.3. The highest BCUT2D eigenvalue weighted by Gasteiger charge is 2.46. The molecule has 0 unspecified atom stereocenters. The number of carbonyl (C=O) groups is 2. The molecule has 10 heteroatoms. The van der Waals surface area contributed by atoms with Crippen LogP contribution in [0.1, 0.15) is 22.3 Å². The van der Waals surface area contributed by atoms with Crippen molar-refractivity contribution >= 4 is 23.1 Å². The van der Waals surface area contributed by atoms with E-state index in [1.165, 1.54) is 6.07 Å². The second-order valence-electron chi connectivity index (χ2n) is 9.04. The SMILES string of the molecule is C=C1CN(Cc2ccccc2)Cc2c1cc(OCc1ccccc1)c(N(CC(=O)OC)C(=O)C(F)(F)F)c2F. The molecule has 0 atom stereocenters. The maximum Gasteiger partial charge on any atom is 0.471 e. The molecule has 0 aliphatic carbocycles. The van der Waals surface area contributed by atoms with Gasteiger partial charge in [-0.15, -0.1) is 0 Å². The minimum Gasteiger partial charge on any atom is -0.487 e. The topological polar surface area (TPSA) is 59.1 Å². The molecule has 0 radical (unpaired) electrons. The fourth-order valence-corrected chi connectivity index (χ4v) is 4.41. The van der Waals surface area contributed by atoms with E-state index in [9.17, 15) is 22.8 Å². The normalized spacial score (nSPS) is 13.5. The summed E-state index contributed by atoms with van der Waals surface area (Å²) in [5.74, 6) is -5.01. The van der Waals surface area contributed by atoms with Crippen LogP contribution in [-0.2, 0) is 34.0 Å². The zero-order valence-electron chi connectivity index (χ0n) is 21.1. The van der Waals surface area contributed by atoms with Crippen LogP contribution in [-0.4, -0.2) is 43.2 Å². The summed E-state index contributed by atoms with van der Waals surface area (Å²) in [5, 5.41) is 0. The molecule has 3 aromatic carbocycles. The quantitative estimate of drug-likeness (QED) is 0.278. The molecule has 6 nitrogen and oxygen atoms in total. The van der Waals surface area contributed by atoms with Gasteiger partial charge in [-0.05, 0) is 28.3 Å². The summed E-state index contributed by atoms with van der Waals surface area (Å²) in [5.41, 5.74) is 1.79. The molecular weight excluding hydrogens is 516 g/mol. The van der Waals surface area contributed by atoms with E-state index in [0.717, 1.165) is 12.7 Å². The average Bonchev–Trinajstić information content (AvgIpc) is 2.91. The number of halogens is 4. The fraction of sp³-hybridized carbons (Fsp3) is 0.241. The van der Waals surface area contributed by atoms with Crippen LogP contribution >= 0.6 is 0 Å². The summed E-state index contributed by atoms with van der Waals surface area (Å²) in [6, 6.07) is 19.5. The minimum absolute atomic E-state index is 0.0284. The van der Waals surface area contributed by atoms with Crippen molar-refractivity contribution < 1.29 is 36.6 Å².